The van der Waals surface area contributed by atoms with Crippen LogP contribution in [0.15, 0.2) is 59.5 Å². The molecule has 2 atom stereocenters. The summed E-state index contributed by atoms with van der Waals surface area (Å²) >= 11 is 0. The maximum absolute atomic E-state index is 13.0. The van der Waals surface area contributed by atoms with Gasteiger partial charge >= 0.3 is 5.97 Å². The topological polar surface area (TPSA) is 159 Å². The minimum atomic E-state index is -3.88. The first-order valence-electron chi connectivity index (χ1n) is 10.4. The molecule has 1 aliphatic rings. The molecule has 0 aromatic heterocycles. The van der Waals surface area contributed by atoms with Gasteiger partial charge < -0.3 is 21.5 Å². The van der Waals surface area contributed by atoms with Crippen LogP contribution < -0.4 is 16.4 Å². The van der Waals surface area contributed by atoms with Crippen LogP contribution in [-0.2, 0) is 30.8 Å². The zero-order valence-electron chi connectivity index (χ0n) is 17.8. The second-order valence-corrected chi connectivity index (χ2v) is 9.53. The molecule has 33 heavy (non-hydrogen) atoms. The molecule has 2 aromatic rings. The van der Waals surface area contributed by atoms with E-state index < -0.39 is 34.0 Å². The molecule has 10 nitrogen and oxygen atoms in total. The third-order valence-corrected chi connectivity index (χ3v) is 7.26. The SMILES string of the molecule is NCC(=O)Nc1ccc(C[C@H](NC(=O)[C@@H]2CCCN2S(=O)(=O)c2ccccc2)C(=O)O)cc1. The first-order valence-corrected chi connectivity index (χ1v) is 11.9. The lowest BCUT2D eigenvalue weighted by Gasteiger charge is -2.25. The Morgan fingerprint density at radius 3 is 2.36 bits per heavy atom. The van der Waals surface area contributed by atoms with E-state index in [1.54, 1.807) is 42.5 Å². The van der Waals surface area contributed by atoms with Gasteiger partial charge in [-0.2, -0.15) is 4.31 Å². The van der Waals surface area contributed by atoms with Gasteiger partial charge in [-0.25, -0.2) is 13.2 Å². The number of nitrogens with one attached hydrogen (secondary N) is 2. The molecule has 2 amide bonds. The Bertz CT molecular complexity index is 1110. The van der Waals surface area contributed by atoms with Gasteiger partial charge in [-0.3, -0.25) is 9.59 Å². The molecule has 176 valence electrons. The largest absolute Gasteiger partial charge is 0.480 e. The molecule has 1 fully saturated rings. The molecular formula is C22H26N4O6S. The Morgan fingerprint density at radius 2 is 1.76 bits per heavy atom. The van der Waals surface area contributed by atoms with Crippen LogP contribution in [-0.4, -0.2) is 60.8 Å². The number of nitrogens with zero attached hydrogens (tertiary/aromatic N) is 1. The predicted molar refractivity (Wildman–Crippen MR) is 121 cm³/mol. The van der Waals surface area contributed by atoms with Crippen molar-refractivity contribution in [2.24, 2.45) is 5.73 Å². The lowest BCUT2D eigenvalue weighted by Crippen LogP contribution is -2.51. The monoisotopic (exact) mass is 474 g/mol. The molecule has 1 heterocycles. The fraction of sp³-hybridized carbons (Fsp3) is 0.318. The number of amides is 2. The average molecular weight is 475 g/mol. The van der Waals surface area contributed by atoms with Crippen LogP contribution in [0, 0.1) is 0 Å². The van der Waals surface area contributed by atoms with Gasteiger partial charge in [-0.15, -0.1) is 0 Å². The maximum atomic E-state index is 13.0. The summed E-state index contributed by atoms with van der Waals surface area (Å²) in [5, 5.41) is 14.7. The number of aliphatic carboxylic acids is 1. The molecule has 0 unspecified atom stereocenters. The average Bonchev–Trinajstić information content (AvgIpc) is 3.31. The number of rotatable bonds is 9. The van der Waals surface area contributed by atoms with E-state index in [0.29, 0.717) is 24.1 Å². The van der Waals surface area contributed by atoms with Crippen molar-refractivity contribution in [2.45, 2.75) is 36.2 Å². The van der Waals surface area contributed by atoms with E-state index in [-0.39, 0.29) is 30.3 Å². The Labute approximate surface area is 191 Å². The van der Waals surface area contributed by atoms with Crippen molar-refractivity contribution in [1.82, 2.24) is 9.62 Å². The highest BCUT2D eigenvalue weighted by Gasteiger charge is 2.40. The van der Waals surface area contributed by atoms with Crippen LogP contribution in [0.25, 0.3) is 0 Å². The minimum absolute atomic E-state index is 0.00958. The lowest BCUT2D eigenvalue weighted by atomic mass is 10.0. The van der Waals surface area contributed by atoms with Crippen LogP contribution >= 0.6 is 0 Å². The summed E-state index contributed by atoms with van der Waals surface area (Å²) in [6.45, 7) is 0.0239. The number of benzene rings is 2. The quantitative estimate of drug-likeness (QED) is 0.413. The number of carbonyl (C=O) groups is 3. The molecule has 1 aliphatic heterocycles. The second-order valence-electron chi connectivity index (χ2n) is 7.64. The zero-order chi connectivity index (χ0) is 24.0. The number of nitrogens with two attached hydrogens (primary N) is 1. The number of hydrogen-bond acceptors (Lipinski definition) is 6. The van der Waals surface area contributed by atoms with E-state index in [0.717, 1.165) is 4.31 Å². The summed E-state index contributed by atoms with van der Waals surface area (Å²) in [6, 6.07) is 12.1. The summed E-state index contributed by atoms with van der Waals surface area (Å²) in [5.74, 6) is -2.24. The molecule has 5 N–H and O–H groups in total. The standard InChI is InChI=1S/C22H26N4O6S/c23-14-20(27)24-16-10-8-15(9-11-16)13-18(22(29)30)25-21(28)19-7-4-12-26(19)33(31,32)17-5-2-1-3-6-17/h1-3,5-6,8-11,18-19H,4,7,12-14,23H2,(H,24,27)(H,25,28)(H,29,30)/t18-,19-/m0/s1. The van der Waals surface area contributed by atoms with E-state index in [4.69, 9.17) is 5.73 Å². The fourth-order valence-electron chi connectivity index (χ4n) is 3.66. The summed E-state index contributed by atoms with van der Waals surface area (Å²) < 4.78 is 27.1. The van der Waals surface area contributed by atoms with Gasteiger partial charge in [-0.1, -0.05) is 30.3 Å². The maximum Gasteiger partial charge on any atom is 0.326 e. The Balaban J connectivity index is 1.70. The first-order chi connectivity index (χ1) is 15.7. The highest BCUT2D eigenvalue weighted by molar-refractivity contribution is 7.89. The normalized spacial score (nSPS) is 17.3. The van der Waals surface area contributed by atoms with E-state index in [1.165, 1.54) is 12.1 Å². The molecule has 0 bridgehead atoms. The number of sulfonamides is 1. The van der Waals surface area contributed by atoms with Gasteiger partial charge in [0, 0.05) is 18.7 Å². The molecule has 0 saturated carbocycles. The highest BCUT2D eigenvalue weighted by atomic mass is 32.2. The van der Waals surface area contributed by atoms with Gasteiger partial charge in [-0.05, 0) is 42.7 Å². The van der Waals surface area contributed by atoms with Crippen LogP contribution in [0.5, 0.6) is 0 Å². The van der Waals surface area contributed by atoms with Crippen molar-refractivity contribution in [3.05, 3.63) is 60.2 Å². The van der Waals surface area contributed by atoms with Gasteiger partial charge in [0.1, 0.15) is 12.1 Å². The minimum Gasteiger partial charge on any atom is -0.480 e. The van der Waals surface area contributed by atoms with Gasteiger partial charge in [0.2, 0.25) is 21.8 Å². The van der Waals surface area contributed by atoms with Crippen molar-refractivity contribution in [2.75, 3.05) is 18.4 Å². The third-order valence-electron chi connectivity index (χ3n) is 5.33. The second kappa shape index (κ2) is 10.6. The van der Waals surface area contributed by atoms with E-state index in [1.807, 2.05) is 0 Å². The molecule has 0 radical (unpaired) electrons. The summed E-state index contributed by atoms with van der Waals surface area (Å²) in [5.41, 5.74) is 6.39. The van der Waals surface area contributed by atoms with Crippen LogP contribution in [0.4, 0.5) is 5.69 Å². The Morgan fingerprint density at radius 1 is 1.09 bits per heavy atom. The molecule has 0 aliphatic carbocycles. The molecule has 3 rings (SSSR count). The number of carboxylic acid groups (broad SMARTS) is 1. The fourth-order valence-corrected chi connectivity index (χ4v) is 5.34. The predicted octanol–water partition coefficient (Wildman–Crippen LogP) is 0.549. The smallest absolute Gasteiger partial charge is 0.326 e. The van der Waals surface area contributed by atoms with E-state index >= 15 is 0 Å². The van der Waals surface area contributed by atoms with Crippen LogP contribution in [0.2, 0.25) is 0 Å². The highest BCUT2D eigenvalue weighted by Crippen LogP contribution is 2.26. The van der Waals surface area contributed by atoms with Gasteiger partial charge in [0.25, 0.3) is 0 Å². The first kappa shape index (κ1) is 24.4. The van der Waals surface area contributed by atoms with Crippen molar-refractivity contribution in [3.63, 3.8) is 0 Å². The number of carboxylic acids is 1. The number of carbonyl (C=O) groups excluding carboxylic acids is 2. The van der Waals surface area contributed by atoms with Gasteiger partial charge in [0.05, 0.1) is 11.4 Å². The van der Waals surface area contributed by atoms with E-state index in [2.05, 4.69) is 10.6 Å². The van der Waals surface area contributed by atoms with Crippen molar-refractivity contribution in [1.29, 1.82) is 0 Å². The Kier molecular flexibility index (Phi) is 7.79. The Hall–Kier alpha value is -3.28. The summed E-state index contributed by atoms with van der Waals surface area (Å²) in [6.07, 6.45) is 0.794. The molecule has 0 spiro atoms. The zero-order valence-corrected chi connectivity index (χ0v) is 18.6. The number of anilines is 1. The number of hydrogen-bond donors (Lipinski definition) is 4. The van der Waals surface area contributed by atoms with Crippen molar-refractivity contribution < 1.29 is 27.9 Å². The van der Waals surface area contributed by atoms with Crippen LogP contribution in [0.3, 0.4) is 0 Å². The molecule has 2 aromatic carbocycles. The van der Waals surface area contributed by atoms with Gasteiger partial charge in [0.15, 0.2) is 0 Å². The van der Waals surface area contributed by atoms with Crippen molar-refractivity contribution in [3.8, 4) is 0 Å². The molecular weight excluding hydrogens is 448 g/mol. The third kappa shape index (κ3) is 5.95. The lowest BCUT2D eigenvalue weighted by molar-refractivity contribution is -0.142. The summed E-state index contributed by atoms with van der Waals surface area (Å²) in [7, 11) is -3.88. The van der Waals surface area contributed by atoms with Crippen molar-refractivity contribution >= 4 is 33.5 Å². The molecule has 1 saturated heterocycles. The molecule has 11 heteroatoms. The summed E-state index contributed by atoms with van der Waals surface area (Å²) in [4.78, 5) is 36.1. The van der Waals surface area contributed by atoms with E-state index in [9.17, 15) is 27.9 Å². The van der Waals surface area contributed by atoms with Crippen LogP contribution in [0.1, 0.15) is 18.4 Å².